The van der Waals surface area contributed by atoms with E-state index in [1.165, 1.54) is 6.08 Å². The summed E-state index contributed by atoms with van der Waals surface area (Å²) in [5.74, 6) is -0.316. The summed E-state index contributed by atoms with van der Waals surface area (Å²) < 4.78 is 6.17. The van der Waals surface area contributed by atoms with Gasteiger partial charge in [0, 0.05) is 17.0 Å². The summed E-state index contributed by atoms with van der Waals surface area (Å²) in [7, 11) is 0. The average Bonchev–Trinajstić information content (AvgIpc) is 2.48. The van der Waals surface area contributed by atoms with E-state index in [1.54, 1.807) is 6.08 Å². The summed E-state index contributed by atoms with van der Waals surface area (Å²) in [5, 5.41) is 0. The third kappa shape index (κ3) is 5.02. The van der Waals surface area contributed by atoms with Crippen molar-refractivity contribution in [3.8, 4) is 0 Å². The second-order valence-electron chi connectivity index (χ2n) is 4.29. The molecule has 20 heavy (non-hydrogen) atoms. The lowest BCUT2D eigenvalue weighted by atomic mass is 10.2. The first-order valence-electron chi connectivity index (χ1n) is 6.38. The zero-order valence-electron chi connectivity index (χ0n) is 11.0. The zero-order chi connectivity index (χ0) is 14.2. The van der Waals surface area contributed by atoms with E-state index in [4.69, 9.17) is 4.74 Å². The molecule has 0 fully saturated rings. The predicted molar refractivity (Wildman–Crippen MR) is 84.3 cm³/mol. The van der Waals surface area contributed by atoms with E-state index >= 15 is 0 Å². The Morgan fingerprint density at radius 3 is 2.45 bits per heavy atom. The lowest BCUT2D eigenvalue weighted by molar-refractivity contribution is -0.137. The van der Waals surface area contributed by atoms with E-state index in [0.29, 0.717) is 6.61 Å². The van der Waals surface area contributed by atoms with Crippen molar-refractivity contribution in [2.75, 3.05) is 6.61 Å². The molecule has 0 spiro atoms. The highest BCUT2D eigenvalue weighted by Gasteiger charge is 1.98. The average molecular weight is 331 g/mol. The monoisotopic (exact) mass is 330 g/mol. The smallest absolute Gasteiger partial charge is 0.330 e. The SMILES string of the molecule is O=C(C=Cc1ccc(Br)cc1)OCCc1ccccc1. The zero-order valence-corrected chi connectivity index (χ0v) is 12.5. The van der Waals surface area contributed by atoms with Gasteiger partial charge in [-0.25, -0.2) is 4.79 Å². The summed E-state index contributed by atoms with van der Waals surface area (Å²) in [4.78, 5) is 11.6. The molecule has 2 nitrogen and oxygen atoms in total. The number of rotatable bonds is 5. The molecule has 102 valence electrons. The fourth-order valence-corrected chi connectivity index (χ4v) is 1.96. The standard InChI is InChI=1S/C17H15BrO2/c18-16-9-6-15(7-10-16)8-11-17(19)20-13-12-14-4-2-1-3-5-14/h1-11H,12-13H2. The number of carbonyl (C=O) groups is 1. The first-order chi connectivity index (χ1) is 9.74. The normalized spacial score (nSPS) is 10.7. The summed E-state index contributed by atoms with van der Waals surface area (Å²) in [6, 6.07) is 17.7. The fourth-order valence-electron chi connectivity index (χ4n) is 1.70. The van der Waals surface area contributed by atoms with Crippen LogP contribution in [0.15, 0.2) is 65.1 Å². The summed E-state index contributed by atoms with van der Waals surface area (Å²) >= 11 is 3.37. The van der Waals surface area contributed by atoms with Crippen LogP contribution in [-0.2, 0) is 16.0 Å². The molecule has 0 aliphatic heterocycles. The van der Waals surface area contributed by atoms with E-state index in [2.05, 4.69) is 15.9 Å². The maximum atomic E-state index is 11.6. The van der Waals surface area contributed by atoms with Crippen molar-refractivity contribution in [1.29, 1.82) is 0 Å². The maximum Gasteiger partial charge on any atom is 0.330 e. The van der Waals surface area contributed by atoms with Gasteiger partial charge >= 0.3 is 5.97 Å². The van der Waals surface area contributed by atoms with Gasteiger partial charge in [-0.05, 0) is 29.3 Å². The van der Waals surface area contributed by atoms with Gasteiger partial charge in [0.25, 0.3) is 0 Å². The van der Waals surface area contributed by atoms with Gasteiger partial charge in [0.15, 0.2) is 0 Å². The van der Waals surface area contributed by atoms with Crippen molar-refractivity contribution < 1.29 is 9.53 Å². The summed E-state index contributed by atoms with van der Waals surface area (Å²) in [6.07, 6.45) is 3.93. The van der Waals surface area contributed by atoms with Crippen LogP contribution in [0.3, 0.4) is 0 Å². The molecule has 2 aromatic rings. The van der Waals surface area contributed by atoms with Crippen LogP contribution in [-0.4, -0.2) is 12.6 Å². The van der Waals surface area contributed by atoms with Gasteiger partial charge in [0.2, 0.25) is 0 Å². The van der Waals surface area contributed by atoms with Crippen molar-refractivity contribution >= 4 is 28.0 Å². The number of benzene rings is 2. The van der Waals surface area contributed by atoms with Gasteiger partial charge in [0.1, 0.15) is 0 Å². The van der Waals surface area contributed by atoms with Crippen LogP contribution in [0.4, 0.5) is 0 Å². The van der Waals surface area contributed by atoms with Crippen LogP contribution in [0.5, 0.6) is 0 Å². The third-order valence-electron chi connectivity index (χ3n) is 2.76. The minimum atomic E-state index is -0.316. The lowest BCUT2D eigenvalue weighted by Crippen LogP contribution is -2.04. The molecule has 3 heteroatoms. The summed E-state index contributed by atoms with van der Waals surface area (Å²) in [6.45, 7) is 0.396. The largest absolute Gasteiger partial charge is 0.462 e. The molecule has 0 atom stereocenters. The Bertz CT molecular complexity index is 574. The maximum absolute atomic E-state index is 11.6. The fraction of sp³-hybridized carbons (Fsp3) is 0.118. The number of ether oxygens (including phenoxy) is 1. The van der Waals surface area contributed by atoms with Crippen LogP contribution in [0.2, 0.25) is 0 Å². The molecule has 0 unspecified atom stereocenters. The predicted octanol–water partition coefficient (Wildman–Crippen LogP) is 4.25. The van der Waals surface area contributed by atoms with Crippen LogP contribution >= 0.6 is 15.9 Å². The minimum Gasteiger partial charge on any atom is -0.462 e. The summed E-state index contributed by atoms with van der Waals surface area (Å²) in [5.41, 5.74) is 2.13. The number of hydrogen-bond acceptors (Lipinski definition) is 2. The lowest BCUT2D eigenvalue weighted by Gasteiger charge is -2.02. The van der Waals surface area contributed by atoms with E-state index in [0.717, 1.165) is 22.0 Å². The second kappa shape index (κ2) is 7.65. The Balaban J connectivity index is 1.76. The molecular weight excluding hydrogens is 316 g/mol. The van der Waals surface area contributed by atoms with E-state index < -0.39 is 0 Å². The molecule has 0 aliphatic rings. The van der Waals surface area contributed by atoms with Crippen molar-refractivity contribution in [3.63, 3.8) is 0 Å². The molecule has 0 N–H and O–H groups in total. The van der Waals surface area contributed by atoms with Crippen LogP contribution in [0.25, 0.3) is 6.08 Å². The Hall–Kier alpha value is -1.87. The molecule has 0 aliphatic carbocycles. The Morgan fingerprint density at radius 2 is 1.75 bits per heavy atom. The topological polar surface area (TPSA) is 26.3 Å². The van der Waals surface area contributed by atoms with Gasteiger partial charge in [-0.2, -0.15) is 0 Å². The van der Waals surface area contributed by atoms with Crippen molar-refractivity contribution in [2.24, 2.45) is 0 Å². The molecule has 2 aromatic carbocycles. The van der Waals surface area contributed by atoms with Crippen molar-refractivity contribution in [2.45, 2.75) is 6.42 Å². The Kier molecular flexibility index (Phi) is 5.56. The van der Waals surface area contributed by atoms with Crippen LogP contribution < -0.4 is 0 Å². The molecule has 0 saturated heterocycles. The Labute approximate surface area is 127 Å². The minimum absolute atomic E-state index is 0.316. The van der Waals surface area contributed by atoms with Crippen molar-refractivity contribution in [1.82, 2.24) is 0 Å². The van der Waals surface area contributed by atoms with E-state index in [1.807, 2.05) is 54.6 Å². The van der Waals surface area contributed by atoms with Crippen LogP contribution in [0.1, 0.15) is 11.1 Å². The number of halogens is 1. The number of hydrogen-bond donors (Lipinski definition) is 0. The first-order valence-corrected chi connectivity index (χ1v) is 7.18. The van der Waals surface area contributed by atoms with Gasteiger partial charge in [-0.1, -0.05) is 58.4 Å². The second-order valence-corrected chi connectivity index (χ2v) is 5.20. The molecule has 0 heterocycles. The molecule has 0 radical (unpaired) electrons. The molecule has 0 amide bonds. The van der Waals surface area contributed by atoms with Crippen molar-refractivity contribution in [3.05, 3.63) is 76.3 Å². The third-order valence-corrected chi connectivity index (χ3v) is 3.29. The van der Waals surface area contributed by atoms with Gasteiger partial charge in [0.05, 0.1) is 6.61 Å². The molecule has 0 aromatic heterocycles. The van der Waals surface area contributed by atoms with E-state index in [-0.39, 0.29) is 5.97 Å². The van der Waals surface area contributed by atoms with Gasteiger partial charge in [-0.3, -0.25) is 0 Å². The number of carbonyl (C=O) groups excluding carboxylic acids is 1. The highest BCUT2D eigenvalue weighted by Crippen LogP contribution is 2.11. The number of esters is 1. The van der Waals surface area contributed by atoms with E-state index in [9.17, 15) is 4.79 Å². The van der Waals surface area contributed by atoms with Gasteiger partial charge in [-0.15, -0.1) is 0 Å². The Morgan fingerprint density at radius 1 is 1.05 bits per heavy atom. The van der Waals surface area contributed by atoms with Crippen LogP contribution in [0, 0.1) is 0 Å². The molecular formula is C17H15BrO2. The highest BCUT2D eigenvalue weighted by molar-refractivity contribution is 9.10. The molecule has 0 bridgehead atoms. The first kappa shape index (κ1) is 14.5. The molecule has 2 rings (SSSR count). The highest BCUT2D eigenvalue weighted by atomic mass is 79.9. The van der Waals surface area contributed by atoms with Gasteiger partial charge < -0.3 is 4.74 Å². The quantitative estimate of drug-likeness (QED) is 0.605. The molecule has 0 saturated carbocycles.